The van der Waals surface area contributed by atoms with Crippen molar-refractivity contribution in [1.29, 1.82) is 0 Å². The predicted octanol–water partition coefficient (Wildman–Crippen LogP) is 1.75. The van der Waals surface area contributed by atoms with E-state index in [0.717, 1.165) is 25.9 Å². The summed E-state index contributed by atoms with van der Waals surface area (Å²) >= 11 is 6.05. The van der Waals surface area contributed by atoms with Crippen LogP contribution in [0.4, 0.5) is 0 Å². The molecule has 21 heavy (non-hydrogen) atoms. The van der Waals surface area contributed by atoms with Gasteiger partial charge in [-0.1, -0.05) is 11.6 Å². The molecule has 0 saturated carbocycles. The summed E-state index contributed by atoms with van der Waals surface area (Å²) < 4.78 is 1.64. The number of hydrogen-bond acceptors (Lipinski definition) is 3. The maximum absolute atomic E-state index is 12.3. The van der Waals surface area contributed by atoms with E-state index in [9.17, 15) is 4.79 Å². The Labute approximate surface area is 128 Å². The summed E-state index contributed by atoms with van der Waals surface area (Å²) in [5.41, 5.74) is 1.89. The van der Waals surface area contributed by atoms with E-state index in [1.54, 1.807) is 17.9 Å². The highest BCUT2D eigenvalue weighted by Crippen LogP contribution is 2.27. The molecule has 0 radical (unpaired) electrons. The van der Waals surface area contributed by atoms with Crippen molar-refractivity contribution in [2.75, 3.05) is 13.1 Å². The lowest BCUT2D eigenvalue weighted by Crippen LogP contribution is -2.38. The van der Waals surface area contributed by atoms with E-state index in [4.69, 9.17) is 11.6 Å². The first kappa shape index (κ1) is 14.1. The maximum atomic E-state index is 12.3. The number of hydrogen-bond donors (Lipinski definition) is 1. The average Bonchev–Trinajstić information content (AvgIpc) is 3.10. The van der Waals surface area contributed by atoms with Crippen LogP contribution in [0.2, 0.25) is 5.02 Å². The first-order chi connectivity index (χ1) is 10.1. The number of piperidine rings is 1. The number of amides is 1. The molecule has 1 aliphatic heterocycles. The highest BCUT2D eigenvalue weighted by Gasteiger charge is 2.25. The third-order valence-corrected chi connectivity index (χ3v) is 4.33. The molecule has 1 N–H and O–H groups in total. The molecule has 7 heteroatoms. The first-order valence-corrected chi connectivity index (χ1v) is 7.45. The van der Waals surface area contributed by atoms with Crippen molar-refractivity contribution in [3.8, 4) is 0 Å². The SMILES string of the molecule is Cn1cc(Cl)c(CC(=O)N2CCC(c3cn[nH]c3)CC2)n1. The van der Waals surface area contributed by atoms with Crippen LogP contribution in [0.3, 0.4) is 0 Å². The zero-order valence-corrected chi connectivity index (χ0v) is 12.7. The van der Waals surface area contributed by atoms with Crippen LogP contribution in [0.5, 0.6) is 0 Å². The van der Waals surface area contributed by atoms with Crippen LogP contribution < -0.4 is 0 Å². The minimum atomic E-state index is 0.0984. The molecule has 2 aromatic rings. The fourth-order valence-corrected chi connectivity index (χ4v) is 3.07. The Hall–Kier alpha value is -1.82. The highest BCUT2D eigenvalue weighted by atomic mass is 35.5. The average molecular weight is 308 g/mol. The van der Waals surface area contributed by atoms with E-state index in [-0.39, 0.29) is 12.3 Å². The minimum absolute atomic E-state index is 0.0984. The van der Waals surface area contributed by atoms with Gasteiger partial charge in [-0.3, -0.25) is 14.6 Å². The number of aryl methyl sites for hydroxylation is 1. The Bertz CT molecular complexity index is 613. The van der Waals surface area contributed by atoms with Gasteiger partial charge in [0, 0.05) is 32.5 Å². The summed E-state index contributed by atoms with van der Waals surface area (Å²) in [5.74, 6) is 0.590. The Morgan fingerprint density at radius 3 is 2.81 bits per heavy atom. The Morgan fingerprint density at radius 1 is 1.48 bits per heavy atom. The minimum Gasteiger partial charge on any atom is -0.342 e. The van der Waals surface area contributed by atoms with Crippen LogP contribution in [0.15, 0.2) is 18.6 Å². The molecular formula is C14H18ClN5O. The van der Waals surface area contributed by atoms with E-state index in [1.807, 2.05) is 17.3 Å². The fourth-order valence-electron chi connectivity index (χ4n) is 2.83. The molecule has 112 valence electrons. The molecular weight excluding hydrogens is 290 g/mol. The van der Waals surface area contributed by atoms with Crippen molar-refractivity contribution >= 4 is 17.5 Å². The van der Waals surface area contributed by atoms with Crippen LogP contribution in [0.1, 0.15) is 30.0 Å². The van der Waals surface area contributed by atoms with Gasteiger partial charge in [0.15, 0.2) is 0 Å². The van der Waals surface area contributed by atoms with Gasteiger partial charge in [0.2, 0.25) is 5.91 Å². The number of rotatable bonds is 3. The number of nitrogens with one attached hydrogen (secondary N) is 1. The van der Waals surface area contributed by atoms with Gasteiger partial charge in [-0.15, -0.1) is 0 Å². The number of H-pyrrole nitrogens is 1. The van der Waals surface area contributed by atoms with Crippen LogP contribution in [-0.2, 0) is 18.3 Å². The Kier molecular flexibility index (Phi) is 3.96. The second-order valence-corrected chi connectivity index (χ2v) is 5.87. The number of carbonyl (C=O) groups is 1. The zero-order chi connectivity index (χ0) is 14.8. The van der Waals surface area contributed by atoms with Gasteiger partial charge in [0.25, 0.3) is 0 Å². The number of nitrogens with zero attached hydrogens (tertiary/aromatic N) is 4. The quantitative estimate of drug-likeness (QED) is 0.939. The van der Waals surface area contributed by atoms with E-state index < -0.39 is 0 Å². The smallest absolute Gasteiger partial charge is 0.228 e. The molecule has 0 bridgehead atoms. The second-order valence-electron chi connectivity index (χ2n) is 5.46. The molecule has 1 amide bonds. The molecule has 0 aromatic carbocycles. The second kappa shape index (κ2) is 5.89. The molecule has 6 nitrogen and oxygen atoms in total. The Balaban J connectivity index is 1.56. The maximum Gasteiger partial charge on any atom is 0.228 e. The van der Waals surface area contributed by atoms with Crippen molar-refractivity contribution in [1.82, 2.24) is 24.9 Å². The van der Waals surface area contributed by atoms with Crippen LogP contribution >= 0.6 is 11.6 Å². The van der Waals surface area contributed by atoms with E-state index in [0.29, 0.717) is 16.6 Å². The van der Waals surface area contributed by atoms with E-state index >= 15 is 0 Å². The largest absolute Gasteiger partial charge is 0.342 e. The van der Waals surface area contributed by atoms with Crippen molar-refractivity contribution < 1.29 is 4.79 Å². The van der Waals surface area contributed by atoms with Crippen LogP contribution in [0, 0.1) is 0 Å². The fraction of sp³-hybridized carbons (Fsp3) is 0.500. The molecule has 1 aliphatic rings. The zero-order valence-electron chi connectivity index (χ0n) is 11.9. The third kappa shape index (κ3) is 3.10. The molecule has 0 unspecified atom stereocenters. The molecule has 0 aliphatic carbocycles. The van der Waals surface area contributed by atoms with Gasteiger partial charge >= 0.3 is 0 Å². The molecule has 3 heterocycles. The molecule has 0 spiro atoms. The number of aromatic amines is 1. The van der Waals surface area contributed by atoms with Crippen molar-refractivity contribution in [3.63, 3.8) is 0 Å². The summed E-state index contributed by atoms with van der Waals surface area (Å²) in [4.78, 5) is 14.2. The lowest BCUT2D eigenvalue weighted by molar-refractivity contribution is -0.131. The Morgan fingerprint density at radius 2 is 2.24 bits per heavy atom. The van der Waals surface area contributed by atoms with Crippen molar-refractivity contribution in [2.24, 2.45) is 7.05 Å². The molecule has 0 atom stereocenters. The highest BCUT2D eigenvalue weighted by molar-refractivity contribution is 6.31. The summed E-state index contributed by atoms with van der Waals surface area (Å²) in [5, 5.41) is 11.6. The number of likely N-dealkylation sites (tertiary alicyclic amines) is 1. The van der Waals surface area contributed by atoms with Crippen molar-refractivity contribution in [2.45, 2.75) is 25.2 Å². The number of aromatic nitrogens is 4. The molecule has 1 saturated heterocycles. The van der Waals surface area contributed by atoms with Gasteiger partial charge in [-0.2, -0.15) is 10.2 Å². The first-order valence-electron chi connectivity index (χ1n) is 7.08. The van der Waals surface area contributed by atoms with Gasteiger partial charge < -0.3 is 4.90 Å². The summed E-state index contributed by atoms with van der Waals surface area (Å²) in [6.45, 7) is 1.55. The van der Waals surface area contributed by atoms with Gasteiger partial charge in [-0.25, -0.2) is 0 Å². The lowest BCUT2D eigenvalue weighted by atomic mass is 9.91. The van der Waals surface area contributed by atoms with E-state index in [1.165, 1.54) is 5.56 Å². The monoisotopic (exact) mass is 307 g/mol. The van der Waals surface area contributed by atoms with Gasteiger partial charge in [-0.05, 0) is 24.3 Å². The molecule has 3 rings (SSSR count). The lowest BCUT2D eigenvalue weighted by Gasteiger charge is -2.31. The molecule has 1 fully saturated rings. The third-order valence-electron chi connectivity index (χ3n) is 4.01. The van der Waals surface area contributed by atoms with Crippen LogP contribution in [-0.4, -0.2) is 43.9 Å². The van der Waals surface area contributed by atoms with Crippen molar-refractivity contribution in [3.05, 3.63) is 34.9 Å². The normalized spacial score (nSPS) is 16.4. The van der Waals surface area contributed by atoms with Gasteiger partial charge in [0.05, 0.1) is 23.3 Å². The standard InChI is InChI=1S/C14H18ClN5O/c1-19-9-12(15)13(18-19)6-14(21)20-4-2-10(3-5-20)11-7-16-17-8-11/h7-10H,2-6H2,1H3,(H,16,17). The summed E-state index contributed by atoms with van der Waals surface area (Å²) in [6.07, 6.45) is 7.75. The summed E-state index contributed by atoms with van der Waals surface area (Å²) in [7, 11) is 1.80. The predicted molar refractivity (Wildman–Crippen MR) is 79.1 cm³/mol. The number of carbonyl (C=O) groups excluding carboxylic acids is 1. The van der Waals surface area contributed by atoms with E-state index in [2.05, 4.69) is 15.3 Å². The van der Waals surface area contributed by atoms with Crippen LogP contribution in [0.25, 0.3) is 0 Å². The topological polar surface area (TPSA) is 66.8 Å². The summed E-state index contributed by atoms with van der Waals surface area (Å²) in [6, 6.07) is 0. The number of halogens is 1. The van der Waals surface area contributed by atoms with Gasteiger partial charge in [0.1, 0.15) is 0 Å². The molecule has 2 aromatic heterocycles.